The van der Waals surface area contributed by atoms with Crippen LogP contribution >= 0.6 is 11.8 Å². The summed E-state index contributed by atoms with van der Waals surface area (Å²) >= 11 is 1.65. The topological polar surface area (TPSA) is 89.1 Å². The van der Waals surface area contributed by atoms with Crippen molar-refractivity contribution in [2.75, 3.05) is 5.32 Å². The van der Waals surface area contributed by atoms with Crippen LogP contribution in [0.25, 0.3) is 11.3 Å². The molecule has 206 valence electrons. The number of nitrogens with one attached hydrogen (secondary N) is 2. The minimum absolute atomic E-state index is 0.163. The maximum atomic E-state index is 13.1. The van der Waals surface area contributed by atoms with Gasteiger partial charge in [0.25, 0.3) is 0 Å². The zero-order chi connectivity index (χ0) is 28.4. The summed E-state index contributed by atoms with van der Waals surface area (Å²) in [4.78, 5) is 15.2. The van der Waals surface area contributed by atoms with E-state index in [0.717, 1.165) is 43.8 Å². The number of urea groups is 1. The van der Waals surface area contributed by atoms with Gasteiger partial charge in [0.1, 0.15) is 11.6 Å². The minimum atomic E-state index is -0.290. The Morgan fingerprint density at radius 3 is 2.55 bits per heavy atom. The van der Waals surface area contributed by atoms with Gasteiger partial charge in [-0.05, 0) is 48.4 Å². The van der Waals surface area contributed by atoms with Crippen molar-refractivity contribution >= 4 is 29.3 Å². The molecule has 2 aromatic carbocycles. The van der Waals surface area contributed by atoms with Crippen LogP contribution in [0.15, 0.2) is 82.7 Å². The first kappa shape index (κ1) is 27.5. The van der Waals surface area contributed by atoms with Crippen LogP contribution in [0.3, 0.4) is 0 Å². The Hall–Kier alpha value is -4.11. The fourth-order valence-corrected chi connectivity index (χ4v) is 5.31. The van der Waals surface area contributed by atoms with E-state index in [1.807, 2.05) is 59.9 Å². The molecule has 8 nitrogen and oxygen atoms in total. The first-order valence-corrected chi connectivity index (χ1v) is 14.2. The first-order chi connectivity index (χ1) is 19.1. The van der Waals surface area contributed by atoms with Gasteiger partial charge >= 0.3 is 6.03 Å². The number of rotatable bonds is 7. The highest BCUT2D eigenvalue weighted by Gasteiger charge is 2.22. The third-order valence-corrected chi connectivity index (χ3v) is 7.62. The van der Waals surface area contributed by atoms with E-state index in [9.17, 15) is 4.79 Å². The van der Waals surface area contributed by atoms with Gasteiger partial charge < -0.3 is 5.32 Å². The zero-order valence-electron chi connectivity index (χ0n) is 23.8. The number of aryl methyl sites for hydroxylation is 1. The van der Waals surface area contributed by atoms with Crippen LogP contribution in [-0.4, -0.2) is 30.4 Å². The molecular weight excluding hydrogens is 518 g/mol. The van der Waals surface area contributed by atoms with Gasteiger partial charge in [-0.25, -0.2) is 9.48 Å². The number of carbonyl (C=O) groups is 1. The van der Waals surface area contributed by atoms with Crippen molar-refractivity contribution < 1.29 is 4.79 Å². The lowest BCUT2D eigenvalue weighted by atomic mass is 9.92. The molecule has 3 aromatic heterocycles. The van der Waals surface area contributed by atoms with Crippen LogP contribution < -0.4 is 10.6 Å². The van der Waals surface area contributed by atoms with Gasteiger partial charge in [0.05, 0.1) is 11.4 Å². The smallest absolute Gasteiger partial charge is 0.320 e. The second-order valence-corrected chi connectivity index (χ2v) is 12.4. The molecule has 0 saturated carbocycles. The summed E-state index contributed by atoms with van der Waals surface area (Å²) in [6, 6.07) is 21.9. The molecule has 5 rings (SSSR count). The minimum Gasteiger partial charge on any atom is -0.334 e. The molecule has 2 N–H and O–H groups in total. The molecule has 40 heavy (non-hydrogen) atoms. The molecule has 0 saturated heterocycles. The average molecular weight is 554 g/mol. The molecule has 0 unspecified atom stereocenters. The standard InChI is InChI=1S/C31H35N7OS/c1-20(2)29-35-34-27-15-14-24(19-37(27)29)40-25-13-8-7-11-22(25)18-32-30(39)33-28-17-26(31(4,5)6)36-38(28)23-12-9-10-21(3)16-23/h7-17,19-20H,18H2,1-6H3,(H2,32,33,39). The Morgan fingerprint density at radius 1 is 1.00 bits per heavy atom. The lowest BCUT2D eigenvalue weighted by molar-refractivity contribution is 0.251. The fourth-order valence-electron chi connectivity index (χ4n) is 4.35. The van der Waals surface area contributed by atoms with Crippen LogP contribution in [0, 0.1) is 6.92 Å². The normalized spacial score (nSPS) is 11.8. The summed E-state index contributed by atoms with van der Waals surface area (Å²) in [5.74, 6) is 1.83. The second-order valence-electron chi connectivity index (χ2n) is 11.2. The van der Waals surface area contributed by atoms with Crippen LogP contribution in [-0.2, 0) is 12.0 Å². The molecule has 0 fully saturated rings. The number of pyridine rings is 1. The average Bonchev–Trinajstić information content (AvgIpc) is 3.53. The monoisotopic (exact) mass is 553 g/mol. The van der Waals surface area contributed by atoms with E-state index in [4.69, 9.17) is 5.10 Å². The van der Waals surface area contributed by atoms with Crippen LogP contribution in [0.5, 0.6) is 0 Å². The van der Waals surface area contributed by atoms with Crippen molar-refractivity contribution in [3.8, 4) is 5.69 Å². The van der Waals surface area contributed by atoms with E-state index >= 15 is 0 Å². The predicted molar refractivity (Wildman–Crippen MR) is 161 cm³/mol. The number of nitrogens with zero attached hydrogens (tertiary/aromatic N) is 5. The van der Waals surface area contributed by atoms with Crippen molar-refractivity contribution in [2.24, 2.45) is 0 Å². The van der Waals surface area contributed by atoms with Gasteiger partial charge in [-0.15, -0.1) is 10.2 Å². The fraction of sp³-hybridized carbons (Fsp3) is 0.290. The summed E-state index contributed by atoms with van der Waals surface area (Å²) < 4.78 is 3.84. The van der Waals surface area contributed by atoms with Gasteiger partial charge in [-0.1, -0.05) is 76.7 Å². The van der Waals surface area contributed by atoms with Crippen LogP contribution in [0.4, 0.5) is 10.6 Å². The van der Waals surface area contributed by atoms with Gasteiger partial charge in [-0.2, -0.15) is 5.10 Å². The van der Waals surface area contributed by atoms with Gasteiger partial charge in [0.2, 0.25) is 0 Å². The molecule has 0 spiro atoms. The molecule has 0 atom stereocenters. The number of hydrogen-bond acceptors (Lipinski definition) is 5. The summed E-state index contributed by atoms with van der Waals surface area (Å²) in [6.07, 6.45) is 2.07. The molecule has 0 aliphatic carbocycles. The molecule has 2 amide bonds. The van der Waals surface area contributed by atoms with E-state index < -0.39 is 0 Å². The Balaban J connectivity index is 1.32. The number of amides is 2. The third-order valence-electron chi connectivity index (χ3n) is 6.52. The van der Waals surface area contributed by atoms with Crippen molar-refractivity contribution in [2.45, 2.75) is 69.2 Å². The SMILES string of the molecule is Cc1cccc(-n2nc(C(C)(C)C)cc2NC(=O)NCc2ccccc2Sc2ccc3nnc(C(C)C)n3c2)c1. The molecule has 0 aliphatic rings. The van der Waals surface area contributed by atoms with Gasteiger partial charge in [-0.3, -0.25) is 9.72 Å². The zero-order valence-corrected chi connectivity index (χ0v) is 24.6. The highest BCUT2D eigenvalue weighted by Crippen LogP contribution is 2.31. The van der Waals surface area contributed by atoms with Crippen molar-refractivity contribution in [3.63, 3.8) is 0 Å². The molecule has 9 heteroatoms. The predicted octanol–water partition coefficient (Wildman–Crippen LogP) is 7.12. The summed E-state index contributed by atoms with van der Waals surface area (Å²) in [5.41, 5.74) is 4.62. The van der Waals surface area contributed by atoms with E-state index in [-0.39, 0.29) is 17.4 Å². The number of fused-ring (bicyclic) bond motifs is 1. The van der Waals surface area contributed by atoms with E-state index in [0.29, 0.717) is 12.4 Å². The van der Waals surface area contributed by atoms with Crippen molar-refractivity contribution in [1.29, 1.82) is 0 Å². The first-order valence-electron chi connectivity index (χ1n) is 13.4. The lowest BCUT2D eigenvalue weighted by Crippen LogP contribution is -2.29. The quantitative estimate of drug-likeness (QED) is 0.224. The maximum absolute atomic E-state index is 13.1. The molecule has 3 heterocycles. The highest BCUT2D eigenvalue weighted by atomic mass is 32.2. The molecule has 0 radical (unpaired) electrons. The summed E-state index contributed by atoms with van der Waals surface area (Å²) in [5, 5.41) is 19.5. The van der Waals surface area contributed by atoms with E-state index in [1.54, 1.807) is 16.4 Å². The second kappa shape index (κ2) is 11.2. The molecule has 5 aromatic rings. The van der Waals surface area contributed by atoms with E-state index in [1.165, 1.54) is 0 Å². The number of anilines is 1. The van der Waals surface area contributed by atoms with Gasteiger partial charge in [0.15, 0.2) is 5.65 Å². The lowest BCUT2D eigenvalue weighted by Gasteiger charge is -2.14. The van der Waals surface area contributed by atoms with Crippen LogP contribution in [0.1, 0.15) is 63.2 Å². The highest BCUT2D eigenvalue weighted by molar-refractivity contribution is 7.99. The molecule has 0 bridgehead atoms. The number of carbonyl (C=O) groups excluding carboxylic acids is 1. The Labute approximate surface area is 239 Å². The maximum Gasteiger partial charge on any atom is 0.320 e. The van der Waals surface area contributed by atoms with Crippen molar-refractivity contribution in [1.82, 2.24) is 29.7 Å². The van der Waals surface area contributed by atoms with Gasteiger partial charge in [0, 0.05) is 39.9 Å². The Bertz CT molecular complexity index is 1660. The summed E-state index contributed by atoms with van der Waals surface area (Å²) in [7, 11) is 0. The Kier molecular flexibility index (Phi) is 7.67. The number of hydrogen-bond donors (Lipinski definition) is 2. The van der Waals surface area contributed by atoms with E-state index in [2.05, 4.69) is 79.8 Å². The largest absolute Gasteiger partial charge is 0.334 e. The third kappa shape index (κ3) is 6.04. The molecular formula is C31H35N7OS. The number of aromatic nitrogens is 5. The Morgan fingerprint density at radius 2 is 1.80 bits per heavy atom. The number of benzene rings is 2. The molecule has 0 aliphatic heterocycles. The van der Waals surface area contributed by atoms with Crippen LogP contribution in [0.2, 0.25) is 0 Å². The van der Waals surface area contributed by atoms with Crippen molar-refractivity contribution in [3.05, 3.63) is 95.6 Å². The summed E-state index contributed by atoms with van der Waals surface area (Å²) in [6.45, 7) is 13.0.